The number of carbonyl (C=O) groups is 1. The van der Waals surface area contributed by atoms with Crippen LogP contribution in [0.15, 0.2) is 45.9 Å². The van der Waals surface area contributed by atoms with Crippen LogP contribution in [0, 0.1) is 0 Å². The highest BCUT2D eigenvalue weighted by Crippen LogP contribution is 2.22. The van der Waals surface area contributed by atoms with Crippen LogP contribution in [0.3, 0.4) is 0 Å². The second kappa shape index (κ2) is 6.17. The van der Waals surface area contributed by atoms with Crippen molar-refractivity contribution in [2.24, 2.45) is 0 Å². The Balaban J connectivity index is 1.67. The number of carbonyl (C=O) groups excluding carboxylic acids is 1. The second-order valence-electron chi connectivity index (χ2n) is 5.56. The van der Waals surface area contributed by atoms with Crippen LogP contribution in [0.4, 0.5) is 0 Å². The Kier molecular flexibility index (Phi) is 4.23. The molecule has 0 spiro atoms. The summed E-state index contributed by atoms with van der Waals surface area (Å²) in [4.78, 5) is 12.1. The van der Waals surface area contributed by atoms with Crippen molar-refractivity contribution < 1.29 is 17.6 Å². The largest absolute Gasteiger partial charge is 0.440 e. The van der Waals surface area contributed by atoms with Crippen LogP contribution in [0.2, 0.25) is 0 Å². The summed E-state index contributed by atoms with van der Waals surface area (Å²) in [7, 11) is -3.45. The van der Waals surface area contributed by atoms with Crippen LogP contribution in [0.25, 0.3) is 0 Å². The summed E-state index contributed by atoms with van der Waals surface area (Å²) >= 11 is 0. The first kappa shape index (κ1) is 15.8. The van der Waals surface area contributed by atoms with Crippen LogP contribution in [-0.2, 0) is 16.3 Å². The minimum absolute atomic E-state index is 0.00507. The van der Waals surface area contributed by atoms with Crippen LogP contribution in [-0.4, -0.2) is 33.7 Å². The first-order chi connectivity index (χ1) is 10.9. The van der Waals surface area contributed by atoms with E-state index in [4.69, 9.17) is 4.42 Å². The Morgan fingerprint density at radius 3 is 2.83 bits per heavy atom. The fourth-order valence-electron chi connectivity index (χ4n) is 2.70. The number of fused-ring (bicyclic) bond motifs is 1. The molecule has 1 unspecified atom stereocenters. The van der Waals surface area contributed by atoms with Gasteiger partial charge in [-0.1, -0.05) is 24.3 Å². The van der Waals surface area contributed by atoms with E-state index in [-0.39, 0.29) is 16.9 Å². The maximum absolute atomic E-state index is 12.1. The number of rotatable bonds is 4. The lowest BCUT2D eigenvalue weighted by atomic mass is 9.94. The quantitative estimate of drug-likeness (QED) is 0.880. The van der Waals surface area contributed by atoms with Gasteiger partial charge in [-0.15, -0.1) is 0 Å². The minimum Gasteiger partial charge on any atom is -0.440 e. The normalized spacial score (nSPS) is 17.5. The molecule has 1 aliphatic heterocycles. The van der Waals surface area contributed by atoms with Crippen molar-refractivity contribution in [3.05, 3.63) is 53.3 Å². The third-order valence-electron chi connectivity index (χ3n) is 3.85. The molecule has 0 saturated carbocycles. The maximum Gasteiger partial charge on any atom is 0.287 e. The zero-order valence-electron chi connectivity index (χ0n) is 12.7. The van der Waals surface area contributed by atoms with E-state index in [9.17, 15) is 13.2 Å². The molecule has 0 fully saturated rings. The maximum atomic E-state index is 12.1. The lowest BCUT2D eigenvalue weighted by Crippen LogP contribution is -2.38. The molecule has 1 atom stereocenters. The van der Waals surface area contributed by atoms with Crippen LogP contribution < -0.4 is 10.6 Å². The van der Waals surface area contributed by atoms with E-state index in [1.54, 1.807) is 0 Å². The molecular formula is C16H18N2O4S. The molecular weight excluding hydrogens is 316 g/mol. The van der Waals surface area contributed by atoms with Gasteiger partial charge in [0.2, 0.25) is 14.9 Å². The molecule has 23 heavy (non-hydrogen) atoms. The predicted octanol–water partition coefficient (Wildman–Crippen LogP) is 1.30. The molecule has 1 aromatic carbocycles. The van der Waals surface area contributed by atoms with Crippen molar-refractivity contribution >= 4 is 15.7 Å². The van der Waals surface area contributed by atoms with E-state index in [0.717, 1.165) is 19.2 Å². The van der Waals surface area contributed by atoms with Crippen molar-refractivity contribution in [2.45, 2.75) is 17.6 Å². The van der Waals surface area contributed by atoms with Crippen molar-refractivity contribution in [1.82, 2.24) is 10.6 Å². The molecule has 2 heterocycles. The molecule has 0 radical (unpaired) electrons. The molecule has 122 valence electrons. The van der Waals surface area contributed by atoms with Gasteiger partial charge in [0.05, 0.1) is 0 Å². The Morgan fingerprint density at radius 1 is 1.30 bits per heavy atom. The van der Waals surface area contributed by atoms with Gasteiger partial charge in [0.25, 0.3) is 5.91 Å². The SMILES string of the molecule is CS(=O)(=O)c1ccc(C(=O)NCC2NCCc3ccccc32)o1. The lowest BCUT2D eigenvalue weighted by Gasteiger charge is -2.27. The first-order valence-electron chi connectivity index (χ1n) is 7.34. The standard InChI is InChI=1S/C16H18N2O4S/c1-23(20,21)15-7-6-14(22-15)16(19)18-10-13-12-5-3-2-4-11(12)8-9-17-13/h2-7,13,17H,8-10H2,1H3,(H,18,19). The number of hydrogen-bond acceptors (Lipinski definition) is 5. The second-order valence-corrected chi connectivity index (χ2v) is 7.50. The Labute approximate surface area is 134 Å². The van der Waals surface area contributed by atoms with Crippen molar-refractivity contribution in [1.29, 1.82) is 0 Å². The van der Waals surface area contributed by atoms with E-state index < -0.39 is 15.7 Å². The Bertz CT molecular complexity index is 826. The topological polar surface area (TPSA) is 88.4 Å². The summed E-state index contributed by atoms with van der Waals surface area (Å²) in [6.45, 7) is 1.27. The van der Waals surface area contributed by atoms with E-state index in [2.05, 4.69) is 16.7 Å². The fraction of sp³-hybridized carbons (Fsp3) is 0.312. The van der Waals surface area contributed by atoms with Crippen LogP contribution in [0.1, 0.15) is 27.7 Å². The smallest absolute Gasteiger partial charge is 0.287 e. The number of nitrogens with one attached hydrogen (secondary N) is 2. The summed E-state index contributed by atoms with van der Waals surface area (Å²) in [6, 6.07) is 10.8. The van der Waals surface area contributed by atoms with Gasteiger partial charge in [-0.2, -0.15) is 0 Å². The number of hydrogen-bond donors (Lipinski definition) is 2. The fourth-order valence-corrected chi connectivity index (χ4v) is 3.25. The molecule has 2 aromatic rings. The highest BCUT2D eigenvalue weighted by molar-refractivity contribution is 7.90. The van der Waals surface area contributed by atoms with Crippen LogP contribution in [0.5, 0.6) is 0 Å². The molecule has 6 nitrogen and oxygen atoms in total. The lowest BCUT2D eigenvalue weighted by molar-refractivity contribution is 0.0916. The molecule has 0 saturated heterocycles. The Morgan fingerprint density at radius 2 is 2.09 bits per heavy atom. The summed E-state index contributed by atoms with van der Waals surface area (Å²) in [5.41, 5.74) is 2.46. The predicted molar refractivity (Wildman–Crippen MR) is 85.0 cm³/mol. The number of benzene rings is 1. The van der Waals surface area contributed by atoms with Crippen molar-refractivity contribution in [2.75, 3.05) is 19.3 Å². The number of amides is 1. The minimum atomic E-state index is -3.45. The number of furan rings is 1. The molecule has 2 N–H and O–H groups in total. The molecule has 0 aliphatic carbocycles. The van der Waals surface area contributed by atoms with Gasteiger partial charge >= 0.3 is 0 Å². The third kappa shape index (κ3) is 3.46. The van der Waals surface area contributed by atoms with Crippen molar-refractivity contribution in [3.8, 4) is 0 Å². The third-order valence-corrected chi connectivity index (χ3v) is 4.80. The van der Waals surface area contributed by atoms with E-state index in [0.29, 0.717) is 6.54 Å². The zero-order valence-corrected chi connectivity index (χ0v) is 13.5. The summed E-state index contributed by atoms with van der Waals surface area (Å²) < 4.78 is 27.9. The van der Waals surface area contributed by atoms with E-state index >= 15 is 0 Å². The van der Waals surface area contributed by atoms with Crippen molar-refractivity contribution in [3.63, 3.8) is 0 Å². The molecule has 3 rings (SSSR count). The monoisotopic (exact) mass is 334 g/mol. The highest BCUT2D eigenvalue weighted by atomic mass is 32.2. The van der Waals surface area contributed by atoms with E-state index in [1.807, 2.05) is 18.2 Å². The van der Waals surface area contributed by atoms with Gasteiger partial charge in [-0.25, -0.2) is 8.42 Å². The molecule has 1 aromatic heterocycles. The zero-order chi connectivity index (χ0) is 16.4. The van der Waals surface area contributed by atoms with Gasteiger partial charge in [-0.05, 0) is 36.2 Å². The number of sulfone groups is 1. The molecule has 7 heteroatoms. The van der Waals surface area contributed by atoms with E-state index in [1.165, 1.54) is 23.3 Å². The van der Waals surface area contributed by atoms with Gasteiger partial charge in [-0.3, -0.25) is 4.79 Å². The summed E-state index contributed by atoms with van der Waals surface area (Å²) in [5, 5.41) is 5.95. The van der Waals surface area contributed by atoms with Gasteiger partial charge < -0.3 is 15.1 Å². The van der Waals surface area contributed by atoms with Crippen LogP contribution >= 0.6 is 0 Å². The van der Waals surface area contributed by atoms with Gasteiger partial charge in [0, 0.05) is 18.8 Å². The molecule has 0 bridgehead atoms. The average Bonchev–Trinajstić information content (AvgIpc) is 3.03. The highest BCUT2D eigenvalue weighted by Gasteiger charge is 2.21. The van der Waals surface area contributed by atoms with Gasteiger partial charge in [0.1, 0.15) is 0 Å². The first-order valence-corrected chi connectivity index (χ1v) is 9.23. The Hall–Kier alpha value is -2.12. The average molecular weight is 334 g/mol. The summed E-state index contributed by atoms with van der Waals surface area (Å²) in [6.07, 6.45) is 2.01. The molecule has 1 aliphatic rings. The molecule has 1 amide bonds. The van der Waals surface area contributed by atoms with Gasteiger partial charge in [0.15, 0.2) is 5.76 Å². The summed E-state index contributed by atoms with van der Waals surface area (Å²) in [5.74, 6) is -0.431.